The lowest BCUT2D eigenvalue weighted by Gasteiger charge is -2.24. The Hall–Kier alpha value is -2.69. The van der Waals surface area contributed by atoms with Crippen molar-refractivity contribution in [2.24, 2.45) is 11.8 Å². The molecule has 2 fully saturated rings. The second kappa shape index (κ2) is 7.74. The molecule has 0 aromatic heterocycles. The number of halogens is 1. The number of ketones is 1. The van der Waals surface area contributed by atoms with E-state index in [1.807, 2.05) is 12.1 Å². The second-order valence-corrected chi connectivity index (χ2v) is 7.96. The van der Waals surface area contributed by atoms with E-state index in [2.05, 4.69) is 6.92 Å². The normalized spacial score (nSPS) is 21.6. The van der Waals surface area contributed by atoms with Crippen LogP contribution in [0.25, 0.3) is 0 Å². The quantitative estimate of drug-likeness (QED) is 0.746. The number of hydrogen-bond donors (Lipinski definition) is 0. The van der Waals surface area contributed by atoms with Gasteiger partial charge in [0.05, 0.1) is 12.5 Å². The van der Waals surface area contributed by atoms with E-state index in [0.29, 0.717) is 24.0 Å². The minimum absolute atomic E-state index is 0.00977. The maximum Gasteiger partial charge on any atom is 0.227 e. The van der Waals surface area contributed by atoms with Gasteiger partial charge in [-0.15, -0.1) is 0 Å². The van der Waals surface area contributed by atoms with E-state index in [1.54, 1.807) is 29.2 Å². The average molecular weight is 381 g/mol. The highest BCUT2D eigenvalue weighted by Gasteiger charge is 2.43. The van der Waals surface area contributed by atoms with Gasteiger partial charge in [0.15, 0.2) is 5.78 Å². The molecule has 0 N–H and O–H groups in total. The Morgan fingerprint density at radius 2 is 1.64 bits per heavy atom. The van der Waals surface area contributed by atoms with E-state index in [1.165, 1.54) is 12.1 Å². The highest BCUT2D eigenvalue weighted by molar-refractivity contribution is 5.93. The Morgan fingerprint density at radius 3 is 2.25 bits per heavy atom. The van der Waals surface area contributed by atoms with Crippen molar-refractivity contribution < 1.29 is 18.7 Å². The minimum atomic E-state index is -0.309. The number of Topliss-reactive ketones (excluding diaryl/α,β-unsaturated/α-hetero) is 1. The van der Waals surface area contributed by atoms with E-state index >= 15 is 0 Å². The van der Waals surface area contributed by atoms with Crippen LogP contribution in [0.15, 0.2) is 48.5 Å². The Morgan fingerprint density at radius 1 is 1.04 bits per heavy atom. The van der Waals surface area contributed by atoms with Crippen LogP contribution in [0.3, 0.4) is 0 Å². The van der Waals surface area contributed by atoms with Gasteiger partial charge >= 0.3 is 0 Å². The maximum absolute atomic E-state index is 13.0. The minimum Gasteiger partial charge on any atom is -0.457 e. The molecule has 2 aromatic carbocycles. The predicted molar refractivity (Wildman–Crippen MR) is 104 cm³/mol. The summed E-state index contributed by atoms with van der Waals surface area (Å²) in [5.41, 5.74) is 0.883. The van der Waals surface area contributed by atoms with Crippen molar-refractivity contribution in [1.82, 2.24) is 4.90 Å². The fourth-order valence-electron chi connectivity index (χ4n) is 3.82. The standard InChI is InChI=1S/C23H24FNO3/c1-15-12-21(23(27)17-4-5-17)25(14-15)22(26)13-16-2-8-19(9-3-16)28-20-10-6-18(24)7-11-20/h2-3,6-11,15,17,21H,4-5,12-14H2,1H3. The summed E-state index contributed by atoms with van der Waals surface area (Å²) in [6, 6.07) is 12.9. The number of carbonyl (C=O) groups is 2. The fraction of sp³-hybridized carbons (Fsp3) is 0.391. The summed E-state index contributed by atoms with van der Waals surface area (Å²) < 4.78 is 18.6. The number of amides is 1. The van der Waals surface area contributed by atoms with Gasteiger partial charge in [0.1, 0.15) is 17.3 Å². The molecule has 2 atom stereocenters. The molecule has 146 valence electrons. The van der Waals surface area contributed by atoms with Gasteiger partial charge < -0.3 is 9.64 Å². The molecule has 1 saturated carbocycles. The van der Waals surface area contributed by atoms with Gasteiger partial charge in [0.2, 0.25) is 5.91 Å². The molecule has 1 aliphatic carbocycles. The van der Waals surface area contributed by atoms with Crippen molar-refractivity contribution in [3.8, 4) is 11.5 Å². The largest absolute Gasteiger partial charge is 0.457 e. The SMILES string of the molecule is CC1CC(C(=O)C2CC2)N(C(=O)Cc2ccc(Oc3ccc(F)cc3)cc2)C1. The summed E-state index contributed by atoms with van der Waals surface area (Å²) in [5, 5.41) is 0. The predicted octanol–water partition coefficient (Wildman–Crippen LogP) is 4.38. The van der Waals surface area contributed by atoms with Gasteiger partial charge in [-0.05, 0) is 67.1 Å². The zero-order valence-electron chi connectivity index (χ0n) is 15.9. The van der Waals surface area contributed by atoms with Crippen molar-refractivity contribution in [3.05, 3.63) is 59.9 Å². The van der Waals surface area contributed by atoms with Crippen molar-refractivity contribution in [2.45, 2.75) is 38.6 Å². The number of benzene rings is 2. The van der Waals surface area contributed by atoms with Crippen LogP contribution in [0.2, 0.25) is 0 Å². The third kappa shape index (κ3) is 4.24. The molecule has 4 rings (SSSR count). The molecule has 4 nitrogen and oxygen atoms in total. The molecule has 5 heteroatoms. The zero-order chi connectivity index (χ0) is 19.7. The molecule has 28 heavy (non-hydrogen) atoms. The summed E-state index contributed by atoms with van der Waals surface area (Å²) in [7, 11) is 0. The van der Waals surface area contributed by atoms with E-state index in [9.17, 15) is 14.0 Å². The summed E-state index contributed by atoms with van der Waals surface area (Å²) in [6.45, 7) is 2.76. The second-order valence-electron chi connectivity index (χ2n) is 7.96. The van der Waals surface area contributed by atoms with Crippen molar-refractivity contribution >= 4 is 11.7 Å². The average Bonchev–Trinajstić information content (AvgIpc) is 3.46. The van der Waals surface area contributed by atoms with Gasteiger partial charge in [-0.3, -0.25) is 9.59 Å². The number of carbonyl (C=O) groups excluding carboxylic acids is 2. The topological polar surface area (TPSA) is 46.6 Å². The molecule has 1 saturated heterocycles. The molecule has 0 bridgehead atoms. The van der Waals surface area contributed by atoms with Crippen molar-refractivity contribution in [2.75, 3.05) is 6.54 Å². The smallest absolute Gasteiger partial charge is 0.227 e. The van der Waals surface area contributed by atoms with Crippen LogP contribution < -0.4 is 4.74 Å². The van der Waals surface area contributed by atoms with E-state index in [-0.39, 0.29) is 35.9 Å². The van der Waals surface area contributed by atoms with Gasteiger partial charge in [-0.25, -0.2) is 4.39 Å². The molecule has 1 aliphatic heterocycles. The van der Waals surface area contributed by atoms with Crippen LogP contribution in [-0.4, -0.2) is 29.2 Å². The van der Waals surface area contributed by atoms with Gasteiger partial charge in [0, 0.05) is 12.5 Å². The van der Waals surface area contributed by atoms with Gasteiger partial charge in [-0.2, -0.15) is 0 Å². The third-order valence-corrected chi connectivity index (χ3v) is 5.47. The molecule has 0 spiro atoms. The summed E-state index contributed by atoms with van der Waals surface area (Å²) in [4.78, 5) is 27.1. The Kier molecular flexibility index (Phi) is 5.16. The van der Waals surface area contributed by atoms with Gasteiger partial charge in [-0.1, -0.05) is 19.1 Å². The van der Waals surface area contributed by atoms with E-state index in [4.69, 9.17) is 4.74 Å². The number of ether oxygens (including phenoxy) is 1. The first kappa shape index (κ1) is 18.7. The Balaban J connectivity index is 1.38. The maximum atomic E-state index is 13.0. The van der Waals surface area contributed by atoms with Gasteiger partial charge in [0.25, 0.3) is 0 Å². The van der Waals surface area contributed by atoms with Crippen LogP contribution in [0.5, 0.6) is 11.5 Å². The van der Waals surface area contributed by atoms with Crippen molar-refractivity contribution in [1.29, 1.82) is 0 Å². The van der Waals surface area contributed by atoms with E-state index in [0.717, 1.165) is 24.8 Å². The number of rotatable bonds is 6. The zero-order valence-corrected chi connectivity index (χ0v) is 15.9. The first-order valence-corrected chi connectivity index (χ1v) is 9.85. The lowest BCUT2D eigenvalue weighted by atomic mass is 10.0. The lowest BCUT2D eigenvalue weighted by Crippen LogP contribution is -2.42. The number of likely N-dealkylation sites (tertiary alicyclic amines) is 1. The number of nitrogens with zero attached hydrogens (tertiary/aromatic N) is 1. The lowest BCUT2D eigenvalue weighted by molar-refractivity contribution is -0.137. The molecule has 2 unspecified atom stereocenters. The number of hydrogen-bond acceptors (Lipinski definition) is 3. The summed E-state index contributed by atoms with van der Waals surface area (Å²) in [5.74, 6) is 1.67. The highest BCUT2D eigenvalue weighted by atomic mass is 19.1. The summed E-state index contributed by atoms with van der Waals surface area (Å²) in [6.07, 6.45) is 3.01. The van der Waals surface area contributed by atoms with Crippen LogP contribution in [-0.2, 0) is 16.0 Å². The molecular formula is C23H24FNO3. The van der Waals surface area contributed by atoms with Crippen LogP contribution in [0.4, 0.5) is 4.39 Å². The van der Waals surface area contributed by atoms with E-state index < -0.39 is 0 Å². The van der Waals surface area contributed by atoms with Crippen LogP contribution >= 0.6 is 0 Å². The molecule has 0 radical (unpaired) electrons. The van der Waals surface area contributed by atoms with Crippen molar-refractivity contribution in [3.63, 3.8) is 0 Å². The monoisotopic (exact) mass is 381 g/mol. The molecule has 1 amide bonds. The third-order valence-electron chi connectivity index (χ3n) is 5.47. The molecule has 1 heterocycles. The molecule has 2 aliphatic rings. The Labute approximate surface area is 164 Å². The first-order chi connectivity index (χ1) is 13.5. The molecular weight excluding hydrogens is 357 g/mol. The fourth-order valence-corrected chi connectivity index (χ4v) is 3.82. The van der Waals surface area contributed by atoms with Crippen LogP contribution in [0.1, 0.15) is 31.7 Å². The van der Waals surface area contributed by atoms with Crippen LogP contribution in [0, 0.1) is 17.7 Å². The first-order valence-electron chi connectivity index (χ1n) is 9.85. The Bertz CT molecular complexity index is 858. The highest BCUT2D eigenvalue weighted by Crippen LogP contribution is 2.36. The summed E-state index contributed by atoms with van der Waals surface area (Å²) >= 11 is 0. The molecule has 2 aromatic rings.